The van der Waals surface area contributed by atoms with Gasteiger partial charge in [-0.3, -0.25) is 4.79 Å². The monoisotopic (exact) mass is 251 g/mol. The molecule has 0 bridgehead atoms. The molecule has 0 saturated carbocycles. The smallest absolute Gasteiger partial charge is 0.421 e. The molecule has 1 heterocycles. The third-order valence-corrected chi connectivity index (χ3v) is 3.48. The molecule has 2 amide bonds. The number of methoxy groups -OCH3 is 1. The third kappa shape index (κ3) is 3.35. The molecule has 8 nitrogen and oxygen atoms in total. The van der Waals surface area contributed by atoms with Crippen LogP contribution in [0.3, 0.4) is 0 Å². The maximum atomic E-state index is 11.6. The van der Waals surface area contributed by atoms with Gasteiger partial charge in [-0.25, -0.2) is 9.52 Å². The lowest BCUT2D eigenvalue weighted by molar-refractivity contribution is -0.120. The zero-order valence-corrected chi connectivity index (χ0v) is 9.54. The third-order valence-electron chi connectivity index (χ3n) is 2.01. The van der Waals surface area contributed by atoms with E-state index in [1.807, 2.05) is 0 Å². The van der Waals surface area contributed by atoms with Gasteiger partial charge < -0.3 is 10.1 Å². The van der Waals surface area contributed by atoms with Crippen LogP contribution in [0.1, 0.15) is 6.42 Å². The number of amides is 2. The number of carbonyl (C=O) groups is 2. The fourth-order valence-electron chi connectivity index (χ4n) is 1.20. The molecule has 0 aromatic rings. The fraction of sp³-hybridized carbons (Fsp3) is 0.714. The van der Waals surface area contributed by atoms with Crippen molar-refractivity contribution in [2.45, 2.75) is 6.42 Å². The molecule has 1 aliphatic heterocycles. The Balaban J connectivity index is 2.67. The minimum absolute atomic E-state index is 0.0398. The van der Waals surface area contributed by atoms with Crippen LogP contribution >= 0.6 is 0 Å². The molecule has 0 aromatic carbocycles. The van der Waals surface area contributed by atoms with Crippen molar-refractivity contribution < 1.29 is 22.7 Å². The van der Waals surface area contributed by atoms with Gasteiger partial charge in [-0.2, -0.15) is 12.7 Å². The average molecular weight is 251 g/mol. The van der Waals surface area contributed by atoms with E-state index in [1.165, 1.54) is 0 Å². The van der Waals surface area contributed by atoms with Crippen LogP contribution < -0.4 is 10.0 Å². The van der Waals surface area contributed by atoms with Gasteiger partial charge in [0.05, 0.1) is 7.11 Å². The van der Waals surface area contributed by atoms with Crippen molar-refractivity contribution in [3.63, 3.8) is 0 Å². The quantitative estimate of drug-likeness (QED) is 0.615. The summed E-state index contributed by atoms with van der Waals surface area (Å²) < 4.78 is 30.1. The zero-order chi connectivity index (χ0) is 12.2. The van der Waals surface area contributed by atoms with Gasteiger partial charge in [-0.15, -0.1) is 0 Å². The summed E-state index contributed by atoms with van der Waals surface area (Å²) in [6.07, 6.45) is -0.981. The van der Waals surface area contributed by atoms with Gasteiger partial charge in [0, 0.05) is 26.1 Å². The van der Waals surface area contributed by atoms with E-state index in [0.29, 0.717) is 0 Å². The minimum Gasteiger partial charge on any atom is -0.452 e. The maximum Gasteiger partial charge on any atom is 0.421 e. The van der Waals surface area contributed by atoms with Crippen molar-refractivity contribution in [1.29, 1.82) is 0 Å². The molecule has 0 unspecified atom stereocenters. The molecule has 2 N–H and O–H groups in total. The van der Waals surface area contributed by atoms with Gasteiger partial charge in [-0.05, 0) is 0 Å². The van der Waals surface area contributed by atoms with Gasteiger partial charge in [0.15, 0.2) is 0 Å². The number of ether oxygens (including phenoxy) is 1. The van der Waals surface area contributed by atoms with E-state index in [1.54, 1.807) is 4.72 Å². The normalized spacial score (nSPS) is 18.4. The highest BCUT2D eigenvalue weighted by Gasteiger charge is 2.26. The Labute approximate surface area is 93.1 Å². The number of nitrogens with one attached hydrogen (secondary N) is 2. The molecular weight excluding hydrogens is 238 g/mol. The predicted octanol–water partition coefficient (Wildman–Crippen LogP) is -1.59. The highest BCUT2D eigenvalue weighted by molar-refractivity contribution is 7.87. The van der Waals surface area contributed by atoms with Gasteiger partial charge >= 0.3 is 16.3 Å². The second-order valence-electron chi connectivity index (χ2n) is 3.10. The molecule has 9 heteroatoms. The first-order chi connectivity index (χ1) is 7.45. The Kier molecular flexibility index (Phi) is 4.07. The Hall–Kier alpha value is -1.35. The largest absolute Gasteiger partial charge is 0.452 e. The molecule has 16 heavy (non-hydrogen) atoms. The van der Waals surface area contributed by atoms with E-state index in [-0.39, 0.29) is 32.0 Å². The number of carbonyl (C=O) groups excluding carboxylic acids is 2. The van der Waals surface area contributed by atoms with Crippen LogP contribution in [0.15, 0.2) is 0 Å². The predicted molar refractivity (Wildman–Crippen MR) is 53.7 cm³/mol. The lowest BCUT2D eigenvalue weighted by atomic mass is 10.4. The summed E-state index contributed by atoms with van der Waals surface area (Å²) in [6, 6.07) is 0. The number of hydrogen-bond acceptors (Lipinski definition) is 5. The standard InChI is InChI=1S/C7H13N3O5S/c1-15-7(12)9-16(13,14)10-4-2-6(11)8-3-5-10/h2-5H2,1H3,(H,8,11)(H,9,12). The van der Waals surface area contributed by atoms with Crippen LogP contribution in [-0.2, 0) is 19.7 Å². The van der Waals surface area contributed by atoms with Crippen molar-refractivity contribution in [3.05, 3.63) is 0 Å². The first-order valence-electron chi connectivity index (χ1n) is 4.58. The number of nitrogens with zero attached hydrogens (tertiary/aromatic N) is 1. The van der Waals surface area contributed by atoms with Crippen LogP contribution in [0.2, 0.25) is 0 Å². The number of rotatable bonds is 2. The summed E-state index contributed by atoms with van der Waals surface area (Å²) in [5.74, 6) is -0.212. The molecular formula is C7H13N3O5S. The Morgan fingerprint density at radius 1 is 1.50 bits per heavy atom. The summed E-state index contributed by atoms with van der Waals surface area (Å²) in [5, 5.41) is 2.52. The molecule has 1 saturated heterocycles. The van der Waals surface area contributed by atoms with Gasteiger partial charge in [-0.1, -0.05) is 0 Å². The molecule has 0 aromatic heterocycles. The average Bonchev–Trinajstić information content (AvgIpc) is 2.42. The van der Waals surface area contributed by atoms with Crippen molar-refractivity contribution in [1.82, 2.24) is 14.3 Å². The lowest BCUT2D eigenvalue weighted by Gasteiger charge is -2.18. The second kappa shape index (κ2) is 5.12. The first-order valence-corrected chi connectivity index (χ1v) is 6.02. The molecule has 0 aliphatic carbocycles. The summed E-state index contributed by atoms with van der Waals surface area (Å²) in [6.45, 7) is 0.386. The summed E-state index contributed by atoms with van der Waals surface area (Å²) in [7, 11) is -2.86. The minimum atomic E-state index is -3.92. The molecule has 0 radical (unpaired) electrons. The van der Waals surface area contributed by atoms with E-state index in [4.69, 9.17) is 0 Å². The van der Waals surface area contributed by atoms with E-state index in [9.17, 15) is 18.0 Å². The summed E-state index contributed by atoms with van der Waals surface area (Å²) >= 11 is 0. The SMILES string of the molecule is COC(=O)NS(=O)(=O)N1CCNC(=O)CC1. The van der Waals surface area contributed by atoms with Crippen molar-refractivity contribution in [2.24, 2.45) is 0 Å². The van der Waals surface area contributed by atoms with Crippen LogP contribution in [-0.4, -0.2) is 51.5 Å². The molecule has 92 valence electrons. The fourth-order valence-corrected chi connectivity index (χ4v) is 2.28. The first kappa shape index (κ1) is 12.7. The van der Waals surface area contributed by atoms with Crippen LogP contribution in [0, 0.1) is 0 Å². The van der Waals surface area contributed by atoms with Gasteiger partial charge in [0.25, 0.3) is 0 Å². The Morgan fingerprint density at radius 3 is 2.81 bits per heavy atom. The Morgan fingerprint density at radius 2 is 2.19 bits per heavy atom. The second-order valence-corrected chi connectivity index (χ2v) is 4.77. The van der Waals surface area contributed by atoms with Gasteiger partial charge in [0.2, 0.25) is 5.91 Å². The van der Waals surface area contributed by atoms with Gasteiger partial charge in [0.1, 0.15) is 0 Å². The van der Waals surface area contributed by atoms with Crippen LogP contribution in [0.5, 0.6) is 0 Å². The van der Waals surface area contributed by atoms with Crippen molar-refractivity contribution in [2.75, 3.05) is 26.7 Å². The maximum absolute atomic E-state index is 11.6. The lowest BCUT2D eigenvalue weighted by Crippen LogP contribution is -2.44. The van der Waals surface area contributed by atoms with Crippen LogP contribution in [0.25, 0.3) is 0 Å². The molecule has 0 spiro atoms. The van der Waals surface area contributed by atoms with E-state index >= 15 is 0 Å². The topological polar surface area (TPSA) is 105 Å². The van der Waals surface area contributed by atoms with Crippen molar-refractivity contribution >= 4 is 22.2 Å². The molecule has 1 rings (SSSR count). The van der Waals surface area contributed by atoms with E-state index < -0.39 is 16.3 Å². The zero-order valence-electron chi connectivity index (χ0n) is 8.73. The summed E-state index contributed by atoms with van der Waals surface area (Å²) in [4.78, 5) is 21.8. The molecule has 1 fully saturated rings. The number of hydrogen-bond donors (Lipinski definition) is 2. The molecule has 1 aliphatic rings. The van der Waals surface area contributed by atoms with E-state index in [0.717, 1.165) is 11.4 Å². The summed E-state index contributed by atoms with van der Waals surface area (Å²) in [5.41, 5.74) is 0. The van der Waals surface area contributed by atoms with E-state index in [2.05, 4.69) is 10.1 Å². The van der Waals surface area contributed by atoms with Crippen LogP contribution in [0.4, 0.5) is 4.79 Å². The molecule has 0 atom stereocenters. The Bertz CT molecular complexity index is 379. The van der Waals surface area contributed by atoms with Crippen molar-refractivity contribution in [3.8, 4) is 0 Å². The highest BCUT2D eigenvalue weighted by Crippen LogP contribution is 2.02. The highest BCUT2D eigenvalue weighted by atomic mass is 32.2.